The van der Waals surface area contributed by atoms with Crippen molar-refractivity contribution in [3.8, 4) is 22.8 Å². The van der Waals surface area contributed by atoms with Crippen molar-refractivity contribution in [3.63, 3.8) is 0 Å². The highest BCUT2D eigenvalue weighted by Crippen LogP contribution is 2.23. The zero-order valence-electron chi connectivity index (χ0n) is 9.54. The van der Waals surface area contributed by atoms with E-state index in [0.29, 0.717) is 16.7 Å². The summed E-state index contributed by atoms with van der Waals surface area (Å²) in [5, 5.41) is 4.48. The molecule has 0 atom stereocenters. The molecule has 3 heterocycles. The van der Waals surface area contributed by atoms with Crippen LogP contribution in [0.3, 0.4) is 0 Å². The first kappa shape index (κ1) is 11.0. The number of hydrogen-bond donors (Lipinski definition) is 0. The van der Waals surface area contributed by atoms with Gasteiger partial charge in [-0.25, -0.2) is 9.97 Å². The van der Waals surface area contributed by atoms with Crippen molar-refractivity contribution in [2.45, 2.75) is 0 Å². The van der Waals surface area contributed by atoms with Gasteiger partial charge in [0.25, 0.3) is 0 Å². The van der Waals surface area contributed by atoms with Gasteiger partial charge in [0.1, 0.15) is 5.15 Å². The van der Waals surface area contributed by atoms with E-state index >= 15 is 0 Å². The van der Waals surface area contributed by atoms with Crippen LogP contribution >= 0.6 is 11.6 Å². The molecule has 0 unspecified atom stereocenters. The molecule has 3 aromatic rings. The molecule has 6 heteroatoms. The SMILES string of the molecule is Cn1cc(-c2cc(Cl)nc(-c3ccco3)n2)cn1. The van der Waals surface area contributed by atoms with E-state index in [-0.39, 0.29) is 0 Å². The van der Waals surface area contributed by atoms with Gasteiger partial charge >= 0.3 is 0 Å². The van der Waals surface area contributed by atoms with Crippen molar-refractivity contribution >= 4 is 11.6 Å². The average Bonchev–Trinajstić information content (AvgIpc) is 2.98. The van der Waals surface area contributed by atoms with Crippen LogP contribution < -0.4 is 0 Å². The third-order valence-corrected chi connectivity index (χ3v) is 2.63. The van der Waals surface area contributed by atoms with E-state index in [1.807, 2.05) is 13.2 Å². The van der Waals surface area contributed by atoms with Crippen LogP contribution in [0.4, 0.5) is 0 Å². The van der Waals surface area contributed by atoms with Crippen LogP contribution in [0, 0.1) is 0 Å². The summed E-state index contributed by atoms with van der Waals surface area (Å²) < 4.78 is 6.97. The lowest BCUT2D eigenvalue weighted by molar-refractivity contribution is 0.577. The summed E-state index contributed by atoms with van der Waals surface area (Å²) >= 11 is 6.00. The smallest absolute Gasteiger partial charge is 0.197 e. The fourth-order valence-corrected chi connectivity index (χ4v) is 1.82. The predicted molar refractivity (Wildman–Crippen MR) is 66.9 cm³/mol. The van der Waals surface area contributed by atoms with Gasteiger partial charge in [-0.05, 0) is 12.1 Å². The van der Waals surface area contributed by atoms with Crippen molar-refractivity contribution < 1.29 is 4.42 Å². The first-order valence-electron chi connectivity index (χ1n) is 5.30. The molecule has 0 fully saturated rings. The van der Waals surface area contributed by atoms with E-state index in [0.717, 1.165) is 11.3 Å². The Labute approximate surface area is 108 Å². The fourth-order valence-electron chi connectivity index (χ4n) is 1.63. The summed E-state index contributed by atoms with van der Waals surface area (Å²) in [5.74, 6) is 1.05. The largest absolute Gasteiger partial charge is 0.461 e. The molecule has 0 saturated heterocycles. The van der Waals surface area contributed by atoms with Crippen molar-refractivity contribution in [2.24, 2.45) is 7.05 Å². The number of rotatable bonds is 2. The lowest BCUT2D eigenvalue weighted by Crippen LogP contribution is -1.91. The Balaban J connectivity index is 2.11. The highest BCUT2D eigenvalue weighted by molar-refractivity contribution is 6.29. The van der Waals surface area contributed by atoms with E-state index in [2.05, 4.69) is 15.1 Å². The summed E-state index contributed by atoms with van der Waals surface area (Å²) in [6.07, 6.45) is 5.17. The molecule has 0 aliphatic heterocycles. The Morgan fingerprint density at radius 2 is 2.22 bits per heavy atom. The minimum atomic E-state index is 0.371. The Morgan fingerprint density at radius 1 is 1.33 bits per heavy atom. The van der Waals surface area contributed by atoms with Crippen LogP contribution in [0.5, 0.6) is 0 Å². The molecule has 0 saturated carbocycles. The lowest BCUT2D eigenvalue weighted by Gasteiger charge is -2.01. The monoisotopic (exact) mass is 260 g/mol. The Bertz CT molecular complexity index is 675. The third kappa shape index (κ3) is 2.00. The van der Waals surface area contributed by atoms with Gasteiger partial charge in [-0.2, -0.15) is 5.10 Å². The fraction of sp³-hybridized carbons (Fsp3) is 0.0833. The van der Waals surface area contributed by atoms with E-state index < -0.39 is 0 Å². The molecular weight excluding hydrogens is 252 g/mol. The first-order chi connectivity index (χ1) is 8.72. The van der Waals surface area contributed by atoms with Gasteiger partial charge in [0, 0.05) is 24.9 Å². The maximum absolute atomic E-state index is 6.00. The maximum atomic E-state index is 6.00. The van der Waals surface area contributed by atoms with E-state index in [9.17, 15) is 0 Å². The van der Waals surface area contributed by atoms with Crippen LogP contribution in [-0.4, -0.2) is 19.7 Å². The summed E-state index contributed by atoms with van der Waals surface area (Å²) in [4.78, 5) is 8.56. The van der Waals surface area contributed by atoms with Crippen molar-refractivity contribution in [1.29, 1.82) is 0 Å². The second-order valence-electron chi connectivity index (χ2n) is 3.78. The molecule has 0 N–H and O–H groups in total. The van der Waals surface area contributed by atoms with Crippen LogP contribution in [0.2, 0.25) is 5.15 Å². The van der Waals surface area contributed by atoms with E-state index in [1.165, 1.54) is 0 Å². The molecule has 0 radical (unpaired) electrons. The highest BCUT2D eigenvalue weighted by atomic mass is 35.5. The number of aryl methyl sites for hydroxylation is 1. The molecule has 5 nitrogen and oxygen atoms in total. The summed E-state index contributed by atoms with van der Waals surface area (Å²) in [5.41, 5.74) is 1.60. The lowest BCUT2D eigenvalue weighted by atomic mass is 10.2. The molecule has 0 aliphatic rings. The van der Waals surface area contributed by atoms with Crippen LogP contribution in [0.25, 0.3) is 22.8 Å². The third-order valence-electron chi connectivity index (χ3n) is 2.44. The highest BCUT2D eigenvalue weighted by Gasteiger charge is 2.10. The van der Waals surface area contributed by atoms with Gasteiger partial charge in [-0.15, -0.1) is 0 Å². The summed E-state index contributed by atoms with van der Waals surface area (Å²) in [6.45, 7) is 0. The standard InChI is InChI=1S/C12H9ClN4O/c1-17-7-8(6-14-17)9-5-11(13)16-12(15-9)10-3-2-4-18-10/h2-7H,1H3. The topological polar surface area (TPSA) is 56.7 Å². The Morgan fingerprint density at radius 3 is 2.89 bits per heavy atom. The average molecular weight is 261 g/mol. The normalized spacial score (nSPS) is 10.8. The van der Waals surface area contributed by atoms with Gasteiger partial charge in [0.2, 0.25) is 0 Å². The molecule has 90 valence electrons. The number of halogens is 1. The van der Waals surface area contributed by atoms with Crippen molar-refractivity contribution in [2.75, 3.05) is 0 Å². The quantitative estimate of drug-likeness (QED) is 0.665. The minimum absolute atomic E-state index is 0.371. The van der Waals surface area contributed by atoms with Crippen LogP contribution in [0.1, 0.15) is 0 Å². The zero-order chi connectivity index (χ0) is 12.5. The van der Waals surface area contributed by atoms with Crippen LogP contribution in [0.15, 0.2) is 41.3 Å². The van der Waals surface area contributed by atoms with Gasteiger partial charge in [-0.3, -0.25) is 4.68 Å². The van der Waals surface area contributed by atoms with Crippen molar-refractivity contribution in [3.05, 3.63) is 42.0 Å². The molecule has 0 bridgehead atoms. The van der Waals surface area contributed by atoms with E-state index in [4.69, 9.17) is 16.0 Å². The molecule has 0 aliphatic carbocycles. The molecule has 3 rings (SSSR count). The van der Waals surface area contributed by atoms with Gasteiger partial charge < -0.3 is 4.42 Å². The maximum Gasteiger partial charge on any atom is 0.197 e. The molecule has 3 aromatic heterocycles. The Hall–Kier alpha value is -2.14. The zero-order valence-corrected chi connectivity index (χ0v) is 10.3. The molecule has 0 spiro atoms. The number of aromatic nitrogens is 4. The molecular formula is C12H9ClN4O. The molecule has 0 amide bonds. The van der Waals surface area contributed by atoms with Gasteiger partial charge in [0.05, 0.1) is 18.2 Å². The molecule has 18 heavy (non-hydrogen) atoms. The van der Waals surface area contributed by atoms with Crippen molar-refractivity contribution in [1.82, 2.24) is 19.7 Å². The summed E-state index contributed by atoms with van der Waals surface area (Å²) in [6, 6.07) is 5.27. The number of furan rings is 1. The van der Waals surface area contributed by atoms with Crippen LogP contribution in [-0.2, 0) is 7.05 Å². The number of nitrogens with zero attached hydrogens (tertiary/aromatic N) is 4. The second kappa shape index (κ2) is 4.27. The Kier molecular flexibility index (Phi) is 2.60. The first-order valence-corrected chi connectivity index (χ1v) is 5.67. The van der Waals surface area contributed by atoms with Gasteiger partial charge in [-0.1, -0.05) is 11.6 Å². The molecule has 0 aromatic carbocycles. The number of hydrogen-bond acceptors (Lipinski definition) is 4. The predicted octanol–water partition coefficient (Wildman–Crippen LogP) is 2.79. The van der Waals surface area contributed by atoms with E-state index in [1.54, 1.807) is 35.3 Å². The minimum Gasteiger partial charge on any atom is -0.461 e. The summed E-state index contributed by atoms with van der Waals surface area (Å²) in [7, 11) is 1.85. The second-order valence-corrected chi connectivity index (χ2v) is 4.17. The van der Waals surface area contributed by atoms with Gasteiger partial charge in [0.15, 0.2) is 11.6 Å².